The van der Waals surface area contributed by atoms with Gasteiger partial charge < -0.3 is 9.40 Å². The summed E-state index contributed by atoms with van der Waals surface area (Å²) in [5.74, 6) is -0.498. The minimum absolute atomic E-state index is 0.0220. The average molecular weight is 382 g/mol. The van der Waals surface area contributed by atoms with E-state index in [2.05, 4.69) is 9.72 Å². The molecule has 0 N–H and O–H groups in total. The van der Waals surface area contributed by atoms with Crippen molar-refractivity contribution in [3.63, 3.8) is 0 Å². The van der Waals surface area contributed by atoms with Crippen LogP contribution in [-0.4, -0.2) is 16.2 Å². The second-order valence-corrected chi connectivity index (χ2v) is 7.18. The number of carbonyl (C=O) groups is 1. The standard InChI is InChI=1S/C24H18N2O3/c1-15-7-5-12-20-21(15)23(27)18-11-6-10-17-19(13-14-26(20)22(17)18)25-29-24(28)16-8-3-2-4-9-16/h2-12H,13-14H2,1H3/b25-19+. The molecule has 1 aliphatic rings. The molecule has 0 aliphatic carbocycles. The van der Waals surface area contributed by atoms with Crippen LogP contribution in [0, 0.1) is 6.92 Å². The van der Waals surface area contributed by atoms with Crippen molar-refractivity contribution in [2.45, 2.75) is 19.9 Å². The fraction of sp³-hybridized carbons (Fsp3) is 0.125. The van der Waals surface area contributed by atoms with Crippen molar-refractivity contribution in [3.8, 4) is 0 Å². The average Bonchev–Trinajstić information content (AvgIpc) is 2.76. The summed E-state index contributed by atoms with van der Waals surface area (Å²) in [6, 6.07) is 20.3. The van der Waals surface area contributed by atoms with Crippen LogP contribution >= 0.6 is 0 Å². The van der Waals surface area contributed by atoms with Gasteiger partial charge in [-0.15, -0.1) is 0 Å². The van der Waals surface area contributed by atoms with Gasteiger partial charge in [0.05, 0.1) is 22.3 Å². The monoisotopic (exact) mass is 382 g/mol. The van der Waals surface area contributed by atoms with Crippen molar-refractivity contribution in [2.75, 3.05) is 0 Å². The molecule has 2 heterocycles. The number of hydrogen-bond acceptors (Lipinski definition) is 4. The van der Waals surface area contributed by atoms with E-state index < -0.39 is 5.97 Å². The van der Waals surface area contributed by atoms with Gasteiger partial charge in [-0.3, -0.25) is 4.79 Å². The zero-order chi connectivity index (χ0) is 20.0. The van der Waals surface area contributed by atoms with Crippen molar-refractivity contribution < 1.29 is 9.63 Å². The van der Waals surface area contributed by atoms with Gasteiger partial charge in [0, 0.05) is 29.3 Å². The first-order valence-electron chi connectivity index (χ1n) is 9.53. The third-order valence-corrected chi connectivity index (χ3v) is 5.45. The van der Waals surface area contributed by atoms with Crippen LogP contribution < -0.4 is 5.43 Å². The number of fused-ring (bicyclic) bond motifs is 2. The van der Waals surface area contributed by atoms with Gasteiger partial charge in [0.2, 0.25) is 0 Å². The number of aryl methyl sites for hydroxylation is 2. The molecular weight excluding hydrogens is 364 g/mol. The molecule has 0 bridgehead atoms. The van der Waals surface area contributed by atoms with Crippen LogP contribution in [0.1, 0.15) is 27.9 Å². The summed E-state index contributed by atoms with van der Waals surface area (Å²) in [7, 11) is 0. The van der Waals surface area contributed by atoms with Gasteiger partial charge in [-0.05, 0) is 36.8 Å². The SMILES string of the molecule is Cc1cccc2c1c(=O)c1cccc3c1n2CC/C3=N\OC(=O)c1ccccc1. The topological polar surface area (TPSA) is 60.7 Å². The highest BCUT2D eigenvalue weighted by Crippen LogP contribution is 2.29. The highest BCUT2D eigenvalue weighted by Gasteiger charge is 2.22. The summed E-state index contributed by atoms with van der Waals surface area (Å²) in [5, 5.41) is 5.58. The number of oxime groups is 1. The lowest BCUT2D eigenvalue weighted by atomic mass is 9.96. The van der Waals surface area contributed by atoms with Gasteiger partial charge in [-0.25, -0.2) is 4.79 Å². The van der Waals surface area contributed by atoms with E-state index >= 15 is 0 Å². The molecule has 1 aliphatic heterocycles. The van der Waals surface area contributed by atoms with Crippen LogP contribution in [-0.2, 0) is 11.4 Å². The molecule has 0 fully saturated rings. The second kappa shape index (κ2) is 6.71. The Morgan fingerprint density at radius 2 is 1.79 bits per heavy atom. The Kier molecular flexibility index (Phi) is 4.02. The van der Waals surface area contributed by atoms with Gasteiger partial charge in [0.15, 0.2) is 5.43 Å². The summed E-state index contributed by atoms with van der Waals surface area (Å²) in [5.41, 5.74) is 4.71. The summed E-state index contributed by atoms with van der Waals surface area (Å²) < 4.78 is 2.17. The van der Waals surface area contributed by atoms with Gasteiger partial charge in [-0.1, -0.05) is 47.6 Å². The molecule has 5 nitrogen and oxygen atoms in total. The van der Waals surface area contributed by atoms with E-state index in [4.69, 9.17) is 4.84 Å². The molecule has 29 heavy (non-hydrogen) atoms. The Bertz CT molecular complexity index is 1370. The molecular formula is C24H18N2O3. The molecule has 5 rings (SSSR count). The smallest absolute Gasteiger partial charge is 0.339 e. The Morgan fingerprint density at radius 1 is 1.00 bits per heavy atom. The summed E-state index contributed by atoms with van der Waals surface area (Å²) in [6.07, 6.45) is 0.611. The number of nitrogens with zero attached hydrogens (tertiary/aromatic N) is 2. The first kappa shape index (κ1) is 17.4. The van der Waals surface area contributed by atoms with Crippen molar-refractivity contribution in [1.29, 1.82) is 0 Å². The number of rotatable bonds is 2. The summed E-state index contributed by atoms with van der Waals surface area (Å²) >= 11 is 0. The highest BCUT2D eigenvalue weighted by atomic mass is 16.7. The quantitative estimate of drug-likeness (QED) is 0.293. The number of hydrogen-bond donors (Lipinski definition) is 0. The molecule has 0 radical (unpaired) electrons. The molecule has 0 saturated carbocycles. The lowest BCUT2D eigenvalue weighted by Gasteiger charge is -2.23. The maximum absolute atomic E-state index is 13.2. The minimum Gasteiger partial charge on any atom is -0.339 e. The van der Waals surface area contributed by atoms with E-state index in [-0.39, 0.29) is 5.43 Å². The van der Waals surface area contributed by atoms with Crippen molar-refractivity contribution in [3.05, 3.63) is 93.6 Å². The lowest BCUT2D eigenvalue weighted by Crippen LogP contribution is -2.22. The molecule has 5 heteroatoms. The fourth-order valence-electron chi connectivity index (χ4n) is 4.08. The molecule has 0 unspecified atom stereocenters. The van der Waals surface area contributed by atoms with E-state index in [0.29, 0.717) is 29.6 Å². The largest absolute Gasteiger partial charge is 0.365 e. The first-order chi connectivity index (χ1) is 14.1. The molecule has 3 aromatic carbocycles. The molecule has 1 aromatic heterocycles. The van der Waals surface area contributed by atoms with Crippen LogP contribution in [0.3, 0.4) is 0 Å². The Hall–Kier alpha value is -3.73. The summed E-state index contributed by atoms with van der Waals surface area (Å²) in [6.45, 7) is 2.63. The zero-order valence-electron chi connectivity index (χ0n) is 15.9. The Labute approximate surface area is 166 Å². The van der Waals surface area contributed by atoms with E-state index in [1.807, 2.05) is 49.4 Å². The first-order valence-corrected chi connectivity index (χ1v) is 9.53. The predicted octanol–water partition coefficient (Wildman–Crippen LogP) is 4.43. The van der Waals surface area contributed by atoms with Gasteiger partial charge in [-0.2, -0.15) is 0 Å². The van der Waals surface area contributed by atoms with Crippen LogP contribution in [0.4, 0.5) is 0 Å². The van der Waals surface area contributed by atoms with Crippen LogP contribution in [0.5, 0.6) is 0 Å². The molecule has 142 valence electrons. The molecule has 0 spiro atoms. The van der Waals surface area contributed by atoms with Crippen LogP contribution in [0.2, 0.25) is 0 Å². The van der Waals surface area contributed by atoms with Gasteiger partial charge >= 0.3 is 5.97 Å². The van der Waals surface area contributed by atoms with Gasteiger partial charge in [0.1, 0.15) is 0 Å². The second-order valence-electron chi connectivity index (χ2n) is 7.18. The molecule has 0 amide bonds. The zero-order valence-corrected chi connectivity index (χ0v) is 15.9. The number of benzene rings is 3. The van der Waals surface area contributed by atoms with Crippen LogP contribution in [0.25, 0.3) is 21.8 Å². The number of pyridine rings is 1. The lowest BCUT2D eigenvalue weighted by molar-refractivity contribution is 0.0515. The van der Waals surface area contributed by atoms with E-state index in [0.717, 1.165) is 27.5 Å². The van der Waals surface area contributed by atoms with E-state index in [9.17, 15) is 9.59 Å². The maximum Gasteiger partial charge on any atom is 0.365 e. The minimum atomic E-state index is -0.498. The molecule has 4 aromatic rings. The van der Waals surface area contributed by atoms with Crippen molar-refractivity contribution in [1.82, 2.24) is 4.57 Å². The number of carbonyl (C=O) groups excluding carboxylic acids is 1. The van der Waals surface area contributed by atoms with E-state index in [1.54, 1.807) is 24.3 Å². The predicted molar refractivity (Wildman–Crippen MR) is 113 cm³/mol. The molecule has 0 atom stereocenters. The Balaban J connectivity index is 1.66. The van der Waals surface area contributed by atoms with E-state index in [1.165, 1.54) is 0 Å². The summed E-state index contributed by atoms with van der Waals surface area (Å²) in [4.78, 5) is 30.6. The number of aromatic nitrogens is 1. The van der Waals surface area contributed by atoms with Crippen LogP contribution in [0.15, 0.2) is 76.7 Å². The third-order valence-electron chi connectivity index (χ3n) is 5.45. The maximum atomic E-state index is 13.2. The van der Waals surface area contributed by atoms with Crippen molar-refractivity contribution >= 4 is 33.5 Å². The highest BCUT2D eigenvalue weighted by molar-refractivity contribution is 6.13. The van der Waals surface area contributed by atoms with Gasteiger partial charge in [0.25, 0.3) is 0 Å². The van der Waals surface area contributed by atoms with Crippen molar-refractivity contribution in [2.24, 2.45) is 5.16 Å². The number of para-hydroxylation sites is 1. The third kappa shape index (κ3) is 2.74. The molecule has 0 saturated heterocycles. The Morgan fingerprint density at radius 3 is 2.62 bits per heavy atom. The fourth-order valence-corrected chi connectivity index (χ4v) is 4.08. The normalized spacial score (nSPS) is 14.4.